The van der Waals surface area contributed by atoms with Crippen molar-refractivity contribution >= 4 is 5.91 Å². The van der Waals surface area contributed by atoms with E-state index < -0.39 is 0 Å². The van der Waals surface area contributed by atoms with Gasteiger partial charge in [0.25, 0.3) is 0 Å². The monoisotopic (exact) mass is 304 g/mol. The third-order valence-corrected chi connectivity index (χ3v) is 4.42. The quantitative estimate of drug-likeness (QED) is 0.841. The molecule has 4 nitrogen and oxygen atoms in total. The maximum absolute atomic E-state index is 12.0. The number of hydrogen-bond donors (Lipinski definition) is 1. The van der Waals surface area contributed by atoms with Crippen molar-refractivity contribution < 1.29 is 9.53 Å². The maximum Gasteiger partial charge on any atom is 0.234 e. The molecule has 1 heterocycles. The van der Waals surface area contributed by atoms with E-state index in [-0.39, 0.29) is 5.91 Å². The van der Waals surface area contributed by atoms with Crippen LogP contribution >= 0.6 is 0 Å². The van der Waals surface area contributed by atoms with Crippen molar-refractivity contribution in [3.8, 4) is 5.75 Å². The Kier molecular flexibility index (Phi) is 6.72. The number of piperidine rings is 1. The molecule has 0 aliphatic carbocycles. The number of amides is 1. The van der Waals surface area contributed by atoms with Crippen LogP contribution in [0, 0.1) is 5.92 Å². The van der Waals surface area contributed by atoms with Crippen molar-refractivity contribution in [3.05, 3.63) is 29.8 Å². The van der Waals surface area contributed by atoms with E-state index >= 15 is 0 Å². The van der Waals surface area contributed by atoms with Crippen molar-refractivity contribution in [3.63, 3.8) is 0 Å². The largest absolute Gasteiger partial charge is 0.497 e. The zero-order valence-corrected chi connectivity index (χ0v) is 13.8. The first kappa shape index (κ1) is 16.8. The molecular formula is C18H28N2O2. The van der Waals surface area contributed by atoms with Gasteiger partial charge in [0.1, 0.15) is 5.75 Å². The first-order valence-corrected chi connectivity index (χ1v) is 8.33. The summed E-state index contributed by atoms with van der Waals surface area (Å²) in [6, 6.07) is 7.99. The number of ether oxygens (including phenoxy) is 1. The Morgan fingerprint density at radius 2 is 2.32 bits per heavy atom. The Balaban J connectivity index is 1.69. The number of nitrogens with one attached hydrogen (secondary N) is 1. The van der Waals surface area contributed by atoms with Crippen LogP contribution in [0.25, 0.3) is 0 Å². The van der Waals surface area contributed by atoms with Gasteiger partial charge in [0.15, 0.2) is 0 Å². The van der Waals surface area contributed by atoms with Crippen LogP contribution in [0.2, 0.25) is 0 Å². The molecule has 1 aliphatic rings. The van der Waals surface area contributed by atoms with Gasteiger partial charge in [-0.1, -0.05) is 25.5 Å². The summed E-state index contributed by atoms with van der Waals surface area (Å²) in [4.78, 5) is 14.3. The summed E-state index contributed by atoms with van der Waals surface area (Å²) >= 11 is 0. The molecule has 4 heteroatoms. The molecule has 0 aromatic heterocycles. The number of rotatable bonds is 7. The molecule has 1 aromatic carbocycles. The molecule has 22 heavy (non-hydrogen) atoms. The minimum atomic E-state index is 0.139. The number of likely N-dealkylation sites (tertiary alicyclic amines) is 1. The number of hydrogen-bond acceptors (Lipinski definition) is 3. The lowest BCUT2D eigenvalue weighted by molar-refractivity contribution is -0.122. The van der Waals surface area contributed by atoms with E-state index in [1.807, 2.05) is 18.2 Å². The molecule has 0 radical (unpaired) electrons. The molecule has 122 valence electrons. The van der Waals surface area contributed by atoms with E-state index in [0.29, 0.717) is 13.1 Å². The number of nitrogens with zero attached hydrogens (tertiary/aromatic N) is 1. The number of carbonyl (C=O) groups excluding carboxylic acids is 1. The summed E-state index contributed by atoms with van der Waals surface area (Å²) in [6.45, 7) is 5.58. The lowest BCUT2D eigenvalue weighted by Crippen LogP contribution is -2.42. The third kappa shape index (κ3) is 5.34. The maximum atomic E-state index is 12.0. The van der Waals surface area contributed by atoms with E-state index in [2.05, 4.69) is 23.2 Å². The fraction of sp³-hybridized carbons (Fsp3) is 0.611. The molecule has 1 unspecified atom stereocenters. The Labute approximate surface area is 133 Å². The molecule has 1 N–H and O–H groups in total. The van der Waals surface area contributed by atoms with Crippen LogP contribution < -0.4 is 10.1 Å². The topological polar surface area (TPSA) is 41.6 Å². The van der Waals surface area contributed by atoms with E-state index in [1.165, 1.54) is 24.8 Å². The van der Waals surface area contributed by atoms with Crippen LogP contribution in [-0.4, -0.2) is 44.1 Å². The molecular weight excluding hydrogens is 276 g/mol. The molecule has 0 spiro atoms. The van der Waals surface area contributed by atoms with E-state index in [0.717, 1.165) is 31.2 Å². The van der Waals surface area contributed by atoms with E-state index in [9.17, 15) is 4.79 Å². The smallest absolute Gasteiger partial charge is 0.234 e. The Bertz CT molecular complexity index is 476. The Hall–Kier alpha value is -1.55. The van der Waals surface area contributed by atoms with Gasteiger partial charge in [-0.15, -0.1) is 0 Å². The highest BCUT2D eigenvalue weighted by Crippen LogP contribution is 2.18. The normalized spacial score (nSPS) is 18.9. The summed E-state index contributed by atoms with van der Waals surface area (Å²) in [6.07, 6.45) is 4.58. The SMILES string of the molecule is CCC1CCCN(CC(=O)NCCc2cccc(OC)c2)C1. The van der Waals surface area contributed by atoms with Gasteiger partial charge in [0.2, 0.25) is 5.91 Å². The first-order chi connectivity index (χ1) is 10.7. The van der Waals surface area contributed by atoms with Crippen LogP contribution in [0.15, 0.2) is 24.3 Å². The van der Waals surface area contributed by atoms with Gasteiger partial charge in [-0.2, -0.15) is 0 Å². The van der Waals surface area contributed by atoms with Crippen LogP contribution in [0.5, 0.6) is 5.75 Å². The van der Waals surface area contributed by atoms with Crippen molar-refractivity contribution in [2.24, 2.45) is 5.92 Å². The summed E-state index contributed by atoms with van der Waals surface area (Å²) in [5.74, 6) is 1.76. The van der Waals surface area contributed by atoms with Crippen molar-refractivity contribution in [1.29, 1.82) is 0 Å². The van der Waals surface area contributed by atoms with Gasteiger partial charge in [0.05, 0.1) is 13.7 Å². The minimum absolute atomic E-state index is 0.139. The van der Waals surface area contributed by atoms with Crippen LogP contribution in [-0.2, 0) is 11.2 Å². The summed E-state index contributed by atoms with van der Waals surface area (Å²) in [5.41, 5.74) is 1.18. The van der Waals surface area contributed by atoms with Gasteiger partial charge in [-0.05, 0) is 49.4 Å². The molecule has 1 amide bonds. The summed E-state index contributed by atoms with van der Waals surface area (Å²) < 4.78 is 5.21. The van der Waals surface area contributed by atoms with E-state index in [1.54, 1.807) is 7.11 Å². The highest BCUT2D eigenvalue weighted by Gasteiger charge is 2.19. The average molecular weight is 304 g/mol. The number of benzene rings is 1. The van der Waals surface area contributed by atoms with Crippen LogP contribution in [0.4, 0.5) is 0 Å². The lowest BCUT2D eigenvalue weighted by Gasteiger charge is -2.31. The lowest BCUT2D eigenvalue weighted by atomic mass is 9.96. The van der Waals surface area contributed by atoms with Gasteiger partial charge >= 0.3 is 0 Å². The van der Waals surface area contributed by atoms with Gasteiger partial charge < -0.3 is 10.1 Å². The van der Waals surface area contributed by atoms with Gasteiger partial charge in [0, 0.05) is 13.1 Å². The zero-order chi connectivity index (χ0) is 15.8. The Morgan fingerprint density at radius 1 is 1.45 bits per heavy atom. The molecule has 1 atom stereocenters. The van der Waals surface area contributed by atoms with Gasteiger partial charge in [-0.25, -0.2) is 0 Å². The Morgan fingerprint density at radius 3 is 3.09 bits per heavy atom. The molecule has 0 saturated carbocycles. The third-order valence-electron chi connectivity index (χ3n) is 4.42. The predicted molar refractivity (Wildman–Crippen MR) is 89.2 cm³/mol. The highest BCUT2D eigenvalue weighted by atomic mass is 16.5. The molecule has 0 bridgehead atoms. The van der Waals surface area contributed by atoms with Gasteiger partial charge in [-0.3, -0.25) is 9.69 Å². The number of methoxy groups -OCH3 is 1. The molecule has 2 rings (SSSR count). The fourth-order valence-corrected chi connectivity index (χ4v) is 3.06. The summed E-state index contributed by atoms with van der Waals surface area (Å²) in [5, 5.41) is 3.03. The zero-order valence-electron chi connectivity index (χ0n) is 13.8. The predicted octanol–water partition coefficient (Wildman–Crippen LogP) is 2.48. The second kappa shape index (κ2) is 8.79. The van der Waals surface area contributed by atoms with Crippen molar-refractivity contribution in [2.75, 3.05) is 33.3 Å². The van der Waals surface area contributed by atoms with Crippen molar-refractivity contribution in [2.45, 2.75) is 32.6 Å². The molecule has 1 aliphatic heterocycles. The second-order valence-electron chi connectivity index (χ2n) is 6.10. The minimum Gasteiger partial charge on any atom is -0.497 e. The standard InChI is InChI=1S/C18H28N2O2/c1-3-15-7-5-11-20(13-15)14-18(21)19-10-9-16-6-4-8-17(12-16)22-2/h4,6,8,12,15H,3,5,7,9-11,13-14H2,1-2H3,(H,19,21). The van der Waals surface area contributed by atoms with Crippen LogP contribution in [0.3, 0.4) is 0 Å². The molecule has 1 saturated heterocycles. The summed E-state index contributed by atoms with van der Waals surface area (Å²) in [7, 11) is 1.67. The fourth-order valence-electron chi connectivity index (χ4n) is 3.06. The van der Waals surface area contributed by atoms with Crippen LogP contribution in [0.1, 0.15) is 31.7 Å². The second-order valence-corrected chi connectivity index (χ2v) is 6.10. The molecule has 1 fully saturated rings. The first-order valence-electron chi connectivity index (χ1n) is 8.33. The molecule has 1 aromatic rings. The number of carbonyl (C=O) groups is 1. The van der Waals surface area contributed by atoms with E-state index in [4.69, 9.17) is 4.74 Å². The average Bonchev–Trinajstić information content (AvgIpc) is 2.55. The van der Waals surface area contributed by atoms with Crippen molar-refractivity contribution in [1.82, 2.24) is 10.2 Å². The highest BCUT2D eigenvalue weighted by molar-refractivity contribution is 5.78.